The van der Waals surface area contributed by atoms with Gasteiger partial charge in [-0.05, 0) is 24.0 Å². The molecular formula is C17H27N3O. The fraction of sp³-hybridized carbons (Fsp3) is 0.588. The third-order valence-corrected chi connectivity index (χ3v) is 4.08. The van der Waals surface area contributed by atoms with Crippen LogP contribution in [0.1, 0.15) is 46.0 Å². The smallest absolute Gasteiger partial charge is 0.110 e. The average Bonchev–Trinajstić information content (AvgIpc) is 2.78. The zero-order valence-electron chi connectivity index (χ0n) is 13.5. The lowest BCUT2D eigenvalue weighted by molar-refractivity contribution is 0.155. The number of fused-ring (bicyclic) bond motifs is 1. The van der Waals surface area contributed by atoms with Gasteiger partial charge in [-0.15, -0.1) is 0 Å². The van der Waals surface area contributed by atoms with Crippen molar-refractivity contribution in [1.82, 2.24) is 9.55 Å². The normalized spacial score (nSPS) is 15.3. The minimum Gasteiger partial charge on any atom is -0.394 e. The number of imidazole rings is 1. The van der Waals surface area contributed by atoms with Crippen molar-refractivity contribution in [3.63, 3.8) is 0 Å². The van der Waals surface area contributed by atoms with Gasteiger partial charge in [-0.2, -0.15) is 0 Å². The number of aliphatic hydroxyl groups is 1. The molecule has 1 aromatic carbocycles. The van der Waals surface area contributed by atoms with Crippen LogP contribution < -0.4 is 5.73 Å². The fourth-order valence-electron chi connectivity index (χ4n) is 2.80. The van der Waals surface area contributed by atoms with E-state index in [-0.39, 0.29) is 24.1 Å². The fourth-order valence-corrected chi connectivity index (χ4v) is 2.80. The van der Waals surface area contributed by atoms with Gasteiger partial charge in [-0.1, -0.05) is 39.8 Å². The Morgan fingerprint density at radius 3 is 2.52 bits per heavy atom. The van der Waals surface area contributed by atoms with Crippen molar-refractivity contribution in [2.24, 2.45) is 11.1 Å². The van der Waals surface area contributed by atoms with Gasteiger partial charge >= 0.3 is 0 Å². The summed E-state index contributed by atoms with van der Waals surface area (Å²) in [4.78, 5) is 4.73. The Morgan fingerprint density at radius 2 is 1.95 bits per heavy atom. The molecule has 0 saturated heterocycles. The van der Waals surface area contributed by atoms with Crippen LogP contribution in [-0.2, 0) is 6.42 Å². The predicted octanol–water partition coefficient (Wildman–Crippen LogP) is 2.90. The topological polar surface area (TPSA) is 64.1 Å². The number of rotatable bonds is 5. The Kier molecular flexibility index (Phi) is 4.69. The number of benzene rings is 1. The van der Waals surface area contributed by atoms with Crippen molar-refractivity contribution < 1.29 is 5.11 Å². The van der Waals surface area contributed by atoms with E-state index in [4.69, 9.17) is 10.7 Å². The molecule has 0 spiro atoms. The Balaban J connectivity index is 2.58. The summed E-state index contributed by atoms with van der Waals surface area (Å²) in [5, 5.41) is 9.96. The van der Waals surface area contributed by atoms with Gasteiger partial charge in [0.1, 0.15) is 5.82 Å². The summed E-state index contributed by atoms with van der Waals surface area (Å²) in [5.41, 5.74) is 8.39. The van der Waals surface area contributed by atoms with E-state index in [1.54, 1.807) is 0 Å². The highest BCUT2D eigenvalue weighted by Crippen LogP contribution is 2.30. The molecule has 4 nitrogen and oxygen atoms in total. The molecule has 4 heteroatoms. The number of hydrogen-bond acceptors (Lipinski definition) is 3. The average molecular weight is 289 g/mol. The van der Waals surface area contributed by atoms with E-state index in [0.717, 1.165) is 29.7 Å². The van der Waals surface area contributed by atoms with E-state index in [0.29, 0.717) is 0 Å². The van der Waals surface area contributed by atoms with E-state index < -0.39 is 0 Å². The van der Waals surface area contributed by atoms with Crippen molar-refractivity contribution in [1.29, 1.82) is 0 Å². The maximum Gasteiger partial charge on any atom is 0.110 e. The molecule has 2 aromatic rings. The van der Waals surface area contributed by atoms with Crippen molar-refractivity contribution in [2.75, 3.05) is 6.61 Å². The van der Waals surface area contributed by atoms with Crippen LogP contribution in [0.15, 0.2) is 24.3 Å². The van der Waals surface area contributed by atoms with Crippen LogP contribution in [0.3, 0.4) is 0 Å². The van der Waals surface area contributed by atoms with Gasteiger partial charge < -0.3 is 15.4 Å². The third kappa shape index (κ3) is 3.11. The summed E-state index contributed by atoms with van der Waals surface area (Å²) in [7, 11) is 0. The van der Waals surface area contributed by atoms with E-state index in [2.05, 4.69) is 38.3 Å². The van der Waals surface area contributed by atoms with Gasteiger partial charge in [-0.25, -0.2) is 4.98 Å². The molecule has 1 aromatic heterocycles. The quantitative estimate of drug-likeness (QED) is 0.889. The molecule has 0 aliphatic carbocycles. The second-order valence-electron chi connectivity index (χ2n) is 6.78. The van der Waals surface area contributed by atoms with Gasteiger partial charge in [0.2, 0.25) is 0 Å². The van der Waals surface area contributed by atoms with Gasteiger partial charge in [-0.3, -0.25) is 0 Å². The molecule has 21 heavy (non-hydrogen) atoms. The third-order valence-electron chi connectivity index (χ3n) is 4.08. The van der Waals surface area contributed by atoms with Gasteiger partial charge in [0.25, 0.3) is 0 Å². The van der Waals surface area contributed by atoms with E-state index in [1.165, 1.54) is 0 Å². The molecule has 0 radical (unpaired) electrons. The highest BCUT2D eigenvalue weighted by molar-refractivity contribution is 5.76. The van der Waals surface area contributed by atoms with Crippen molar-refractivity contribution >= 4 is 11.0 Å². The number of nitrogens with zero attached hydrogens (tertiary/aromatic N) is 2. The minimum atomic E-state index is -0.154. The predicted molar refractivity (Wildman–Crippen MR) is 87.3 cm³/mol. The van der Waals surface area contributed by atoms with Crippen LogP contribution in [0.5, 0.6) is 0 Å². The van der Waals surface area contributed by atoms with Crippen LogP contribution in [0.25, 0.3) is 11.0 Å². The van der Waals surface area contributed by atoms with Crippen LogP contribution in [0, 0.1) is 5.41 Å². The summed E-state index contributed by atoms with van der Waals surface area (Å²) < 4.78 is 2.15. The second kappa shape index (κ2) is 6.16. The Hall–Kier alpha value is -1.39. The lowest BCUT2D eigenvalue weighted by Crippen LogP contribution is -2.44. The molecule has 0 fully saturated rings. The second-order valence-corrected chi connectivity index (χ2v) is 6.78. The number of aromatic nitrogens is 2. The Labute approximate surface area is 127 Å². The minimum absolute atomic E-state index is 0.0233. The zero-order valence-corrected chi connectivity index (χ0v) is 13.5. The molecule has 0 bridgehead atoms. The largest absolute Gasteiger partial charge is 0.394 e. The molecule has 1 heterocycles. The Bertz CT molecular complexity index is 598. The van der Waals surface area contributed by atoms with Crippen LogP contribution in [0.2, 0.25) is 0 Å². The number of para-hydroxylation sites is 2. The van der Waals surface area contributed by atoms with E-state index in [1.807, 2.05) is 18.2 Å². The number of hydrogen-bond donors (Lipinski definition) is 2. The molecule has 0 saturated carbocycles. The first kappa shape index (κ1) is 16.0. The van der Waals surface area contributed by atoms with E-state index in [9.17, 15) is 5.11 Å². The summed E-state index contributed by atoms with van der Waals surface area (Å²) in [5.74, 6) is 1.01. The first-order valence-electron chi connectivity index (χ1n) is 7.72. The lowest BCUT2D eigenvalue weighted by atomic mass is 9.83. The highest BCUT2D eigenvalue weighted by Gasteiger charge is 2.31. The number of aliphatic hydroxyl groups excluding tert-OH is 1. The molecule has 0 amide bonds. The molecule has 2 atom stereocenters. The lowest BCUT2D eigenvalue weighted by Gasteiger charge is -2.35. The van der Waals surface area contributed by atoms with Gasteiger partial charge in [0.05, 0.1) is 23.7 Å². The van der Waals surface area contributed by atoms with Crippen molar-refractivity contribution in [3.8, 4) is 0 Å². The van der Waals surface area contributed by atoms with Crippen LogP contribution >= 0.6 is 0 Å². The van der Waals surface area contributed by atoms with E-state index >= 15 is 0 Å². The number of aryl methyl sites for hydroxylation is 1. The standard InChI is InChI=1S/C17H27N3O/c1-5-8-15-19-12-9-6-7-10-13(12)20(15)14(11-21)16(18)17(2,3)4/h6-7,9-10,14,16,21H,5,8,11,18H2,1-4H3. The summed E-state index contributed by atoms with van der Waals surface area (Å²) in [6.07, 6.45) is 1.91. The van der Waals surface area contributed by atoms with Gasteiger partial charge in [0, 0.05) is 12.5 Å². The Morgan fingerprint density at radius 1 is 1.29 bits per heavy atom. The maximum absolute atomic E-state index is 9.96. The van der Waals surface area contributed by atoms with Crippen molar-refractivity contribution in [3.05, 3.63) is 30.1 Å². The molecular weight excluding hydrogens is 262 g/mol. The molecule has 0 aliphatic rings. The monoisotopic (exact) mass is 289 g/mol. The number of nitrogens with two attached hydrogens (primary N) is 1. The van der Waals surface area contributed by atoms with Crippen LogP contribution in [-0.4, -0.2) is 27.3 Å². The molecule has 116 valence electrons. The summed E-state index contributed by atoms with van der Waals surface area (Å²) >= 11 is 0. The first-order chi connectivity index (χ1) is 9.90. The van der Waals surface area contributed by atoms with Gasteiger partial charge in [0.15, 0.2) is 0 Å². The molecule has 3 N–H and O–H groups in total. The van der Waals surface area contributed by atoms with Crippen LogP contribution in [0.4, 0.5) is 0 Å². The zero-order chi connectivity index (χ0) is 15.6. The molecule has 2 unspecified atom stereocenters. The van der Waals surface area contributed by atoms with Crippen molar-refractivity contribution in [2.45, 2.75) is 52.6 Å². The SMILES string of the molecule is CCCc1nc2ccccc2n1C(CO)C(N)C(C)(C)C. The first-order valence-corrected chi connectivity index (χ1v) is 7.72. The summed E-state index contributed by atoms with van der Waals surface area (Å²) in [6.45, 7) is 8.49. The molecule has 0 aliphatic heterocycles. The summed E-state index contributed by atoms with van der Waals surface area (Å²) in [6, 6.07) is 7.77. The maximum atomic E-state index is 9.96. The molecule has 2 rings (SSSR count). The highest BCUT2D eigenvalue weighted by atomic mass is 16.3.